The maximum Gasteiger partial charge on any atom is 0.317 e. The number of aromatic nitrogens is 3. The van der Waals surface area contributed by atoms with Crippen molar-refractivity contribution in [2.24, 2.45) is 0 Å². The molecule has 0 spiro atoms. The number of amides is 2. The van der Waals surface area contributed by atoms with Crippen LogP contribution in [0.5, 0.6) is 5.75 Å². The molecule has 7 heteroatoms. The summed E-state index contributed by atoms with van der Waals surface area (Å²) >= 11 is 0. The number of nitrogens with one attached hydrogen (secondary N) is 1. The number of rotatable bonds is 4. The third-order valence-corrected chi connectivity index (χ3v) is 4.12. The van der Waals surface area contributed by atoms with E-state index in [1.54, 1.807) is 24.3 Å². The Hall–Kier alpha value is -2.57. The number of hydrogen-bond acceptors (Lipinski definition) is 4. The highest BCUT2D eigenvalue weighted by atomic mass is 16.5. The van der Waals surface area contributed by atoms with Gasteiger partial charge in [-0.2, -0.15) is 15.0 Å². The number of methoxy groups -OCH3 is 1. The van der Waals surface area contributed by atoms with Crippen LogP contribution in [0, 0.1) is 0 Å². The van der Waals surface area contributed by atoms with Crippen molar-refractivity contribution >= 4 is 6.03 Å². The lowest BCUT2D eigenvalue weighted by Crippen LogP contribution is -2.44. The highest BCUT2D eigenvalue weighted by Gasteiger charge is 2.24. The summed E-state index contributed by atoms with van der Waals surface area (Å²) in [5.74, 6) is 0.814. The fourth-order valence-corrected chi connectivity index (χ4v) is 2.75. The number of piperidine rings is 1. The van der Waals surface area contributed by atoms with E-state index < -0.39 is 0 Å². The molecule has 23 heavy (non-hydrogen) atoms. The zero-order valence-electron chi connectivity index (χ0n) is 13.2. The monoisotopic (exact) mass is 315 g/mol. The molecule has 1 fully saturated rings. The first-order valence-electron chi connectivity index (χ1n) is 7.78. The van der Waals surface area contributed by atoms with Crippen molar-refractivity contribution in [1.29, 1.82) is 0 Å². The highest BCUT2D eigenvalue weighted by Crippen LogP contribution is 2.20. The Labute approximate surface area is 135 Å². The first kappa shape index (κ1) is 15.3. The zero-order chi connectivity index (χ0) is 16.1. The summed E-state index contributed by atoms with van der Waals surface area (Å²) in [6.45, 7) is 1.96. The number of ether oxygens (including phenoxy) is 1. The van der Waals surface area contributed by atoms with E-state index in [0.29, 0.717) is 6.54 Å². The lowest BCUT2D eigenvalue weighted by atomic mass is 10.1. The molecule has 0 bridgehead atoms. The van der Waals surface area contributed by atoms with E-state index in [2.05, 4.69) is 15.5 Å². The molecular formula is C16H21N5O2. The Morgan fingerprint density at radius 1 is 1.22 bits per heavy atom. The van der Waals surface area contributed by atoms with E-state index in [9.17, 15) is 4.79 Å². The van der Waals surface area contributed by atoms with Gasteiger partial charge in [0.2, 0.25) is 0 Å². The molecule has 0 unspecified atom stereocenters. The predicted octanol–water partition coefficient (Wildman–Crippen LogP) is 1.83. The van der Waals surface area contributed by atoms with Gasteiger partial charge in [0.25, 0.3) is 0 Å². The minimum Gasteiger partial charge on any atom is -0.497 e. The van der Waals surface area contributed by atoms with Crippen LogP contribution in [-0.4, -0.2) is 46.1 Å². The maximum absolute atomic E-state index is 12.2. The number of carbonyl (C=O) groups excluding carboxylic acids is 1. The molecule has 0 aliphatic carbocycles. The quantitative estimate of drug-likeness (QED) is 0.934. The van der Waals surface area contributed by atoms with Gasteiger partial charge in [0.05, 0.1) is 25.5 Å². The van der Waals surface area contributed by atoms with Gasteiger partial charge < -0.3 is 15.0 Å². The maximum atomic E-state index is 12.2. The molecule has 2 amide bonds. The number of carbonyl (C=O) groups is 1. The Morgan fingerprint density at radius 2 is 1.87 bits per heavy atom. The molecule has 1 aromatic carbocycles. The van der Waals surface area contributed by atoms with Gasteiger partial charge in [0, 0.05) is 19.6 Å². The van der Waals surface area contributed by atoms with Crippen molar-refractivity contribution < 1.29 is 9.53 Å². The minimum atomic E-state index is -0.0207. The Kier molecular flexibility index (Phi) is 4.75. The summed E-state index contributed by atoms with van der Waals surface area (Å²) in [4.78, 5) is 15.8. The molecular weight excluding hydrogens is 294 g/mol. The SMILES string of the molecule is COc1ccc(CNC(=O)N2CCC(n3nccn3)CC2)cc1. The van der Waals surface area contributed by atoms with Gasteiger partial charge in [-0.15, -0.1) is 0 Å². The van der Waals surface area contributed by atoms with Crippen LogP contribution in [0.1, 0.15) is 24.4 Å². The zero-order valence-corrected chi connectivity index (χ0v) is 13.2. The molecule has 1 aromatic heterocycles. The molecule has 2 aromatic rings. The molecule has 1 aliphatic rings. The summed E-state index contributed by atoms with van der Waals surface area (Å²) in [5, 5.41) is 11.3. The number of benzene rings is 1. The van der Waals surface area contributed by atoms with Crippen molar-refractivity contribution in [3.8, 4) is 5.75 Å². The second kappa shape index (κ2) is 7.13. The van der Waals surface area contributed by atoms with Crippen LogP contribution in [0.25, 0.3) is 0 Å². The van der Waals surface area contributed by atoms with Crippen LogP contribution in [0.3, 0.4) is 0 Å². The van der Waals surface area contributed by atoms with Gasteiger partial charge >= 0.3 is 6.03 Å². The average molecular weight is 315 g/mol. The smallest absolute Gasteiger partial charge is 0.317 e. The number of urea groups is 1. The minimum absolute atomic E-state index is 0.0207. The van der Waals surface area contributed by atoms with Crippen LogP contribution in [-0.2, 0) is 6.54 Å². The van der Waals surface area contributed by atoms with Gasteiger partial charge in [0.1, 0.15) is 5.75 Å². The summed E-state index contributed by atoms with van der Waals surface area (Å²) in [6, 6.07) is 7.96. The lowest BCUT2D eigenvalue weighted by molar-refractivity contribution is 0.164. The van der Waals surface area contributed by atoms with E-state index in [4.69, 9.17) is 4.74 Å². The molecule has 2 heterocycles. The molecule has 1 N–H and O–H groups in total. The standard InChI is InChI=1S/C16H21N5O2/c1-23-15-4-2-13(3-5-15)12-17-16(22)20-10-6-14(7-11-20)21-18-8-9-19-21/h2-5,8-9,14H,6-7,10-12H2,1H3,(H,17,22). The number of likely N-dealkylation sites (tertiary alicyclic amines) is 1. The Balaban J connectivity index is 1.45. The van der Waals surface area contributed by atoms with Crippen LogP contribution in [0.4, 0.5) is 4.79 Å². The van der Waals surface area contributed by atoms with Crippen molar-refractivity contribution in [2.75, 3.05) is 20.2 Å². The van der Waals surface area contributed by atoms with E-state index >= 15 is 0 Å². The van der Waals surface area contributed by atoms with Crippen molar-refractivity contribution in [2.45, 2.75) is 25.4 Å². The van der Waals surface area contributed by atoms with Crippen molar-refractivity contribution in [1.82, 2.24) is 25.2 Å². The van der Waals surface area contributed by atoms with Crippen LogP contribution >= 0.6 is 0 Å². The molecule has 0 saturated carbocycles. The second-order valence-corrected chi connectivity index (χ2v) is 5.57. The largest absolute Gasteiger partial charge is 0.497 e. The van der Waals surface area contributed by atoms with Gasteiger partial charge in [0.15, 0.2) is 0 Å². The summed E-state index contributed by atoms with van der Waals surface area (Å²) in [6.07, 6.45) is 5.14. The molecule has 3 rings (SSSR count). The highest BCUT2D eigenvalue weighted by molar-refractivity contribution is 5.74. The molecule has 0 radical (unpaired) electrons. The fourth-order valence-electron chi connectivity index (χ4n) is 2.75. The van der Waals surface area contributed by atoms with Crippen LogP contribution < -0.4 is 10.1 Å². The van der Waals surface area contributed by atoms with Gasteiger partial charge in [-0.05, 0) is 30.5 Å². The van der Waals surface area contributed by atoms with Crippen LogP contribution in [0.2, 0.25) is 0 Å². The average Bonchev–Trinajstić information content (AvgIpc) is 3.15. The van der Waals surface area contributed by atoms with Crippen molar-refractivity contribution in [3.05, 3.63) is 42.2 Å². The normalized spacial score (nSPS) is 15.4. The predicted molar refractivity (Wildman–Crippen MR) is 85.1 cm³/mol. The summed E-state index contributed by atoms with van der Waals surface area (Å²) in [7, 11) is 1.64. The summed E-state index contributed by atoms with van der Waals surface area (Å²) < 4.78 is 5.12. The molecule has 122 valence electrons. The number of hydrogen-bond donors (Lipinski definition) is 1. The first-order valence-corrected chi connectivity index (χ1v) is 7.78. The van der Waals surface area contributed by atoms with Gasteiger partial charge in [-0.3, -0.25) is 0 Å². The van der Waals surface area contributed by atoms with E-state index in [1.165, 1.54) is 0 Å². The Bertz CT molecular complexity index is 618. The van der Waals surface area contributed by atoms with E-state index in [1.807, 2.05) is 29.2 Å². The number of nitrogens with zero attached hydrogens (tertiary/aromatic N) is 4. The second-order valence-electron chi connectivity index (χ2n) is 5.57. The van der Waals surface area contributed by atoms with E-state index in [0.717, 1.165) is 37.2 Å². The van der Waals surface area contributed by atoms with Crippen LogP contribution in [0.15, 0.2) is 36.7 Å². The van der Waals surface area contributed by atoms with Gasteiger partial charge in [-0.1, -0.05) is 12.1 Å². The molecule has 1 saturated heterocycles. The first-order chi connectivity index (χ1) is 11.3. The van der Waals surface area contributed by atoms with Crippen molar-refractivity contribution in [3.63, 3.8) is 0 Å². The molecule has 0 atom stereocenters. The Morgan fingerprint density at radius 3 is 2.48 bits per heavy atom. The topological polar surface area (TPSA) is 72.3 Å². The lowest BCUT2D eigenvalue weighted by Gasteiger charge is -2.31. The molecule has 1 aliphatic heterocycles. The van der Waals surface area contributed by atoms with E-state index in [-0.39, 0.29) is 12.1 Å². The molecule has 7 nitrogen and oxygen atoms in total. The third-order valence-electron chi connectivity index (χ3n) is 4.12. The third kappa shape index (κ3) is 3.80. The fraction of sp³-hybridized carbons (Fsp3) is 0.438. The van der Waals surface area contributed by atoms with Gasteiger partial charge in [-0.25, -0.2) is 4.79 Å². The summed E-state index contributed by atoms with van der Waals surface area (Å²) in [5.41, 5.74) is 1.05.